The molecule has 3 N–H and O–H groups in total. The highest BCUT2D eigenvalue weighted by Crippen LogP contribution is 2.24. The van der Waals surface area contributed by atoms with E-state index in [-0.39, 0.29) is 5.95 Å². The van der Waals surface area contributed by atoms with Gasteiger partial charge in [0.15, 0.2) is 0 Å². The Hall–Kier alpha value is -2.22. The largest absolute Gasteiger partial charge is 0.390 e. The third-order valence-corrected chi connectivity index (χ3v) is 3.46. The van der Waals surface area contributed by atoms with E-state index in [1.807, 2.05) is 11.8 Å². The van der Waals surface area contributed by atoms with Crippen molar-refractivity contribution in [2.45, 2.75) is 25.4 Å². The number of hydrogen-bond acceptors (Lipinski definition) is 7. The summed E-state index contributed by atoms with van der Waals surface area (Å²) < 4.78 is 1.54. The maximum Gasteiger partial charge on any atom is 0.257 e. The molecule has 8 heteroatoms. The van der Waals surface area contributed by atoms with Crippen LogP contribution in [0.25, 0.3) is 5.95 Å². The van der Waals surface area contributed by atoms with Crippen molar-refractivity contribution in [3.05, 3.63) is 18.5 Å². The average Bonchev–Trinajstić information content (AvgIpc) is 2.91. The Morgan fingerprint density at radius 1 is 1.20 bits per heavy atom. The SMILES string of the molecule is CC1(O)CCN(c2nc(N)nc(-n3cccn3)n2)CC1. The van der Waals surface area contributed by atoms with E-state index in [0.29, 0.717) is 37.8 Å². The van der Waals surface area contributed by atoms with Gasteiger partial charge in [-0.3, -0.25) is 0 Å². The summed E-state index contributed by atoms with van der Waals surface area (Å²) in [6, 6.07) is 1.79. The fourth-order valence-corrected chi connectivity index (χ4v) is 2.19. The van der Waals surface area contributed by atoms with E-state index in [4.69, 9.17) is 5.73 Å². The molecule has 2 aromatic rings. The van der Waals surface area contributed by atoms with Crippen molar-refractivity contribution in [3.8, 4) is 5.95 Å². The lowest BCUT2D eigenvalue weighted by atomic mass is 9.94. The summed E-state index contributed by atoms with van der Waals surface area (Å²) in [6.07, 6.45) is 4.75. The minimum atomic E-state index is -0.611. The molecule has 106 valence electrons. The van der Waals surface area contributed by atoms with Gasteiger partial charge in [0.2, 0.25) is 11.9 Å². The third kappa shape index (κ3) is 2.55. The van der Waals surface area contributed by atoms with Crippen LogP contribution in [0.3, 0.4) is 0 Å². The van der Waals surface area contributed by atoms with Crippen LogP contribution in [0.1, 0.15) is 19.8 Å². The molecule has 0 radical (unpaired) electrons. The van der Waals surface area contributed by atoms with Gasteiger partial charge >= 0.3 is 0 Å². The molecule has 1 aliphatic rings. The molecule has 2 aromatic heterocycles. The summed E-state index contributed by atoms with van der Waals surface area (Å²) in [5.41, 5.74) is 5.13. The van der Waals surface area contributed by atoms with Crippen LogP contribution < -0.4 is 10.6 Å². The maximum absolute atomic E-state index is 9.98. The van der Waals surface area contributed by atoms with Gasteiger partial charge in [0.1, 0.15) is 0 Å². The molecule has 3 rings (SSSR count). The second kappa shape index (κ2) is 4.71. The zero-order valence-electron chi connectivity index (χ0n) is 11.3. The molecule has 1 aliphatic heterocycles. The first-order valence-electron chi connectivity index (χ1n) is 6.52. The number of aliphatic hydroxyl groups is 1. The quantitative estimate of drug-likeness (QED) is 0.794. The van der Waals surface area contributed by atoms with Gasteiger partial charge in [0, 0.05) is 25.5 Å². The number of nitrogen functional groups attached to an aromatic ring is 1. The van der Waals surface area contributed by atoms with E-state index < -0.39 is 5.60 Å². The Morgan fingerprint density at radius 2 is 1.90 bits per heavy atom. The third-order valence-electron chi connectivity index (χ3n) is 3.46. The lowest BCUT2D eigenvalue weighted by Crippen LogP contribution is -2.43. The number of nitrogens with two attached hydrogens (primary N) is 1. The molecule has 0 aliphatic carbocycles. The Balaban J connectivity index is 1.87. The van der Waals surface area contributed by atoms with Crippen molar-refractivity contribution in [2.24, 2.45) is 0 Å². The lowest BCUT2D eigenvalue weighted by Gasteiger charge is -2.35. The first-order chi connectivity index (χ1) is 9.53. The summed E-state index contributed by atoms with van der Waals surface area (Å²) in [4.78, 5) is 14.6. The molecule has 0 atom stereocenters. The number of piperidine rings is 1. The number of aromatic nitrogens is 5. The van der Waals surface area contributed by atoms with E-state index in [1.165, 1.54) is 0 Å². The minimum absolute atomic E-state index is 0.165. The van der Waals surface area contributed by atoms with Crippen LogP contribution in [0.5, 0.6) is 0 Å². The monoisotopic (exact) mass is 275 g/mol. The van der Waals surface area contributed by atoms with Crippen LogP contribution in [0.15, 0.2) is 18.5 Å². The van der Waals surface area contributed by atoms with Crippen molar-refractivity contribution < 1.29 is 5.11 Å². The van der Waals surface area contributed by atoms with Crippen LogP contribution in [0.4, 0.5) is 11.9 Å². The first-order valence-corrected chi connectivity index (χ1v) is 6.52. The standard InChI is InChI=1S/C12H17N7O/c1-12(20)3-7-18(8-4-12)10-15-9(13)16-11(17-10)19-6-2-5-14-19/h2,5-6,20H,3-4,7-8H2,1H3,(H2,13,15,16,17). The van der Waals surface area contributed by atoms with Gasteiger partial charge in [-0.1, -0.05) is 0 Å². The topological polar surface area (TPSA) is 106 Å². The number of anilines is 2. The van der Waals surface area contributed by atoms with Crippen LogP contribution in [0.2, 0.25) is 0 Å². The molecule has 0 bridgehead atoms. The highest BCUT2D eigenvalue weighted by atomic mass is 16.3. The summed E-state index contributed by atoms with van der Waals surface area (Å²) >= 11 is 0. The summed E-state index contributed by atoms with van der Waals surface area (Å²) in [6.45, 7) is 3.23. The fourth-order valence-electron chi connectivity index (χ4n) is 2.19. The second-order valence-electron chi connectivity index (χ2n) is 5.23. The van der Waals surface area contributed by atoms with Crippen molar-refractivity contribution in [2.75, 3.05) is 23.7 Å². The molecule has 0 amide bonds. The molecular formula is C12H17N7O. The second-order valence-corrected chi connectivity index (χ2v) is 5.23. The highest BCUT2D eigenvalue weighted by Gasteiger charge is 2.28. The van der Waals surface area contributed by atoms with Crippen molar-refractivity contribution >= 4 is 11.9 Å². The molecule has 0 unspecified atom stereocenters. The van der Waals surface area contributed by atoms with Gasteiger partial charge in [0.25, 0.3) is 5.95 Å². The molecule has 0 spiro atoms. The molecule has 0 saturated carbocycles. The summed E-state index contributed by atoms with van der Waals surface area (Å²) in [5, 5.41) is 14.1. The zero-order valence-corrected chi connectivity index (χ0v) is 11.3. The van der Waals surface area contributed by atoms with Crippen LogP contribution in [0, 0.1) is 0 Å². The molecule has 20 heavy (non-hydrogen) atoms. The Labute approximate surface area is 116 Å². The molecule has 0 aromatic carbocycles. The normalized spacial score (nSPS) is 18.2. The van der Waals surface area contributed by atoms with Crippen LogP contribution in [-0.2, 0) is 0 Å². The van der Waals surface area contributed by atoms with Crippen molar-refractivity contribution in [1.82, 2.24) is 24.7 Å². The molecule has 3 heterocycles. The van der Waals surface area contributed by atoms with Gasteiger partial charge in [-0.15, -0.1) is 0 Å². The minimum Gasteiger partial charge on any atom is -0.390 e. The number of hydrogen-bond donors (Lipinski definition) is 2. The predicted molar refractivity (Wildman–Crippen MR) is 73.4 cm³/mol. The maximum atomic E-state index is 9.98. The highest BCUT2D eigenvalue weighted by molar-refractivity contribution is 5.38. The van der Waals surface area contributed by atoms with Gasteiger partial charge in [-0.25, -0.2) is 4.68 Å². The molecular weight excluding hydrogens is 258 g/mol. The number of nitrogens with zero attached hydrogens (tertiary/aromatic N) is 6. The van der Waals surface area contributed by atoms with Crippen molar-refractivity contribution in [1.29, 1.82) is 0 Å². The Morgan fingerprint density at radius 3 is 2.55 bits per heavy atom. The Kier molecular flexibility index (Phi) is 3.01. The fraction of sp³-hybridized carbons (Fsp3) is 0.500. The predicted octanol–water partition coefficient (Wildman–Crippen LogP) is -0.00930. The van der Waals surface area contributed by atoms with E-state index in [9.17, 15) is 5.11 Å². The average molecular weight is 275 g/mol. The van der Waals surface area contributed by atoms with E-state index >= 15 is 0 Å². The van der Waals surface area contributed by atoms with E-state index in [1.54, 1.807) is 23.1 Å². The molecule has 1 fully saturated rings. The van der Waals surface area contributed by atoms with Gasteiger partial charge in [0.05, 0.1) is 5.60 Å². The van der Waals surface area contributed by atoms with Crippen LogP contribution in [-0.4, -0.2) is 48.5 Å². The summed E-state index contributed by atoms with van der Waals surface area (Å²) in [5.74, 6) is 1.09. The van der Waals surface area contributed by atoms with Gasteiger partial charge in [-0.05, 0) is 25.8 Å². The molecule has 1 saturated heterocycles. The summed E-state index contributed by atoms with van der Waals surface area (Å²) in [7, 11) is 0. The van der Waals surface area contributed by atoms with Gasteiger partial charge < -0.3 is 15.7 Å². The van der Waals surface area contributed by atoms with Crippen LogP contribution >= 0.6 is 0 Å². The smallest absolute Gasteiger partial charge is 0.257 e. The Bertz CT molecular complexity index is 586. The lowest BCUT2D eigenvalue weighted by molar-refractivity contribution is 0.0349. The van der Waals surface area contributed by atoms with Gasteiger partial charge in [-0.2, -0.15) is 20.1 Å². The van der Waals surface area contributed by atoms with E-state index in [2.05, 4.69) is 20.1 Å². The van der Waals surface area contributed by atoms with E-state index in [0.717, 1.165) is 0 Å². The first kappa shape index (κ1) is 12.8. The number of rotatable bonds is 2. The molecule has 8 nitrogen and oxygen atoms in total. The zero-order chi connectivity index (χ0) is 14.2. The van der Waals surface area contributed by atoms with Crippen molar-refractivity contribution in [3.63, 3.8) is 0 Å².